The van der Waals surface area contributed by atoms with E-state index in [9.17, 15) is 9.18 Å². The van der Waals surface area contributed by atoms with Crippen molar-refractivity contribution < 1.29 is 19.4 Å². The monoisotopic (exact) mass is 219 g/mol. The molecule has 0 radical (unpaired) electrons. The molecule has 0 amide bonds. The highest BCUT2D eigenvalue weighted by Gasteiger charge is 2.18. The third-order valence-corrected chi connectivity index (χ3v) is 1.95. The Morgan fingerprint density at radius 1 is 1.57 bits per heavy atom. The predicted octanol–water partition coefficient (Wildman–Crippen LogP) is 1.27. The highest BCUT2D eigenvalue weighted by molar-refractivity contribution is 6.32. The van der Waals surface area contributed by atoms with E-state index >= 15 is 0 Å². The molecule has 1 aromatic rings. The lowest BCUT2D eigenvalue weighted by molar-refractivity contribution is -0.138. The molecular weight excluding hydrogens is 213 g/mol. The van der Waals surface area contributed by atoms with Crippen molar-refractivity contribution >= 4 is 17.6 Å². The molecule has 4 nitrogen and oxygen atoms in total. The Morgan fingerprint density at radius 3 is 2.57 bits per heavy atom. The molecule has 0 bridgehead atoms. The van der Waals surface area contributed by atoms with Crippen molar-refractivity contribution in [2.24, 2.45) is 5.73 Å². The molecule has 14 heavy (non-hydrogen) atoms. The number of benzene rings is 1. The SMILES string of the molecule is NC(C(=O)O)c1cc(F)c(O)c(Cl)c1. The summed E-state index contributed by atoms with van der Waals surface area (Å²) in [6.07, 6.45) is 0. The summed E-state index contributed by atoms with van der Waals surface area (Å²) in [5.41, 5.74) is 5.22. The quantitative estimate of drug-likeness (QED) is 0.699. The van der Waals surface area contributed by atoms with Gasteiger partial charge < -0.3 is 15.9 Å². The molecule has 6 heteroatoms. The van der Waals surface area contributed by atoms with Gasteiger partial charge in [0, 0.05) is 0 Å². The minimum Gasteiger partial charge on any atom is -0.504 e. The van der Waals surface area contributed by atoms with Crippen molar-refractivity contribution in [2.75, 3.05) is 0 Å². The summed E-state index contributed by atoms with van der Waals surface area (Å²) in [4.78, 5) is 10.5. The Balaban J connectivity index is 3.19. The van der Waals surface area contributed by atoms with E-state index in [4.69, 9.17) is 27.5 Å². The Bertz CT molecular complexity index is 360. The molecule has 0 saturated carbocycles. The van der Waals surface area contributed by atoms with Crippen molar-refractivity contribution in [1.29, 1.82) is 0 Å². The molecule has 0 aliphatic rings. The van der Waals surface area contributed by atoms with Crippen LogP contribution >= 0.6 is 11.6 Å². The first-order valence-corrected chi connectivity index (χ1v) is 3.97. The Kier molecular flexibility index (Phi) is 2.93. The van der Waals surface area contributed by atoms with Crippen molar-refractivity contribution in [3.8, 4) is 5.75 Å². The molecule has 1 atom stereocenters. The lowest BCUT2D eigenvalue weighted by atomic mass is 10.1. The second-order valence-corrected chi connectivity index (χ2v) is 3.06. The lowest BCUT2D eigenvalue weighted by Gasteiger charge is -2.08. The van der Waals surface area contributed by atoms with Gasteiger partial charge in [0.25, 0.3) is 0 Å². The van der Waals surface area contributed by atoms with Crippen LogP contribution in [-0.4, -0.2) is 16.2 Å². The van der Waals surface area contributed by atoms with Crippen molar-refractivity contribution in [1.82, 2.24) is 0 Å². The Morgan fingerprint density at radius 2 is 2.14 bits per heavy atom. The van der Waals surface area contributed by atoms with E-state index in [0.29, 0.717) is 0 Å². The van der Waals surface area contributed by atoms with Crippen LogP contribution in [0.3, 0.4) is 0 Å². The zero-order chi connectivity index (χ0) is 10.9. The second-order valence-electron chi connectivity index (χ2n) is 2.65. The maximum Gasteiger partial charge on any atom is 0.325 e. The molecule has 0 aliphatic heterocycles. The number of halogens is 2. The maximum absolute atomic E-state index is 12.9. The highest BCUT2D eigenvalue weighted by atomic mass is 35.5. The number of carbonyl (C=O) groups is 1. The molecule has 0 heterocycles. The van der Waals surface area contributed by atoms with Gasteiger partial charge in [-0.2, -0.15) is 0 Å². The molecule has 1 unspecified atom stereocenters. The smallest absolute Gasteiger partial charge is 0.325 e. The van der Waals surface area contributed by atoms with Gasteiger partial charge in [-0.1, -0.05) is 11.6 Å². The molecule has 1 aromatic carbocycles. The summed E-state index contributed by atoms with van der Waals surface area (Å²) < 4.78 is 12.9. The number of rotatable bonds is 2. The first-order chi connectivity index (χ1) is 6.43. The van der Waals surface area contributed by atoms with Crippen LogP contribution in [0.4, 0.5) is 4.39 Å². The summed E-state index contributed by atoms with van der Waals surface area (Å²) in [7, 11) is 0. The number of phenolic OH excluding ortho intramolecular Hbond substituents is 1. The van der Waals surface area contributed by atoms with Crippen LogP contribution in [-0.2, 0) is 4.79 Å². The van der Waals surface area contributed by atoms with Crippen molar-refractivity contribution in [3.05, 3.63) is 28.5 Å². The van der Waals surface area contributed by atoms with Gasteiger partial charge in [0.1, 0.15) is 6.04 Å². The van der Waals surface area contributed by atoms with Gasteiger partial charge in [-0.15, -0.1) is 0 Å². The zero-order valence-electron chi connectivity index (χ0n) is 6.87. The van der Waals surface area contributed by atoms with E-state index in [1.165, 1.54) is 0 Å². The molecule has 76 valence electrons. The van der Waals surface area contributed by atoms with E-state index < -0.39 is 23.6 Å². The normalized spacial score (nSPS) is 12.5. The summed E-state index contributed by atoms with van der Waals surface area (Å²) in [5, 5.41) is 17.2. The molecule has 0 fully saturated rings. The Labute approximate surface area is 83.7 Å². The van der Waals surface area contributed by atoms with Crippen LogP contribution in [0.1, 0.15) is 11.6 Å². The van der Waals surface area contributed by atoms with Crippen LogP contribution in [0.15, 0.2) is 12.1 Å². The summed E-state index contributed by atoms with van der Waals surface area (Å²) >= 11 is 5.43. The largest absolute Gasteiger partial charge is 0.504 e. The topological polar surface area (TPSA) is 83.6 Å². The third-order valence-electron chi connectivity index (χ3n) is 1.66. The van der Waals surface area contributed by atoms with Gasteiger partial charge >= 0.3 is 5.97 Å². The fourth-order valence-electron chi connectivity index (χ4n) is 0.907. The summed E-state index contributed by atoms with van der Waals surface area (Å²) in [6, 6.07) is 0.585. The van der Waals surface area contributed by atoms with Gasteiger partial charge in [-0.05, 0) is 17.7 Å². The minimum absolute atomic E-state index is 0.00204. The molecule has 0 spiro atoms. The number of nitrogens with two attached hydrogens (primary N) is 1. The summed E-state index contributed by atoms with van der Waals surface area (Å²) in [6.45, 7) is 0. The molecule has 4 N–H and O–H groups in total. The highest BCUT2D eigenvalue weighted by Crippen LogP contribution is 2.29. The van der Waals surface area contributed by atoms with E-state index in [1.54, 1.807) is 0 Å². The number of hydrogen-bond acceptors (Lipinski definition) is 3. The third kappa shape index (κ3) is 1.94. The van der Waals surface area contributed by atoms with Crippen LogP contribution in [0.25, 0.3) is 0 Å². The number of aromatic hydroxyl groups is 1. The van der Waals surface area contributed by atoms with Crippen LogP contribution in [0.2, 0.25) is 5.02 Å². The van der Waals surface area contributed by atoms with E-state index in [2.05, 4.69) is 0 Å². The molecule has 0 saturated heterocycles. The van der Waals surface area contributed by atoms with Crippen LogP contribution in [0.5, 0.6) is 5.75 Å². The van der Waals surface area contributed by atoms with Gasteiger partial charge in [0.15, 0.2) is 11.6 Å². The number of hydrogen-bond donors (Lipinski definition) is 3. The van der Waals surface area contributed by atoms with E-state index in [1.807, 2.05) is 0 Å². The standard InChI is InChI=1S/C8H7ClFNO3/c9-4-1-3(6(11)8(13)14)2-5(10)7(4)12/h1-2,6,12H,11H2,(H,13,14). The van der Waals surface area contributed by atoms with E-state index in [0.717, 1.165) is 12.1 Å². The number of carboxylic acids is 1. The van der Waals surface area contributed by atoms with Gasteiger partial charge in [-0.3, -0.25) is 4.79 Å². The first kappa shape index (κ1) is 10.7. The Hall–Kier alpha value is -1.33. The zero-order valence-corrected chi connectivity index (χ0v) is 7.62. The van der Waals surface area contributed by atoms with Gasteiger partial charge in [0.05, 0.1) is 5.02 Å². The molecule has 1 rings (SSSR count). The molecular formula is C8H7ClFNO3. The fourth-order valence-corrected chi connectivity index (χ4v) is 1.12. The van der Waals surface area contributed by atoms with Crippen molar-refractivity contribution in [2.45, 2.75) is 6.04 Å². The van der Waals surface area contributed by atoms with Crippen LogP contribution < -0.4 is 5.73 Å². The average Bonchev–Trinajstić information content (AvgIpc) is 2.12. The average molecular weight is 220 g/mol. The van der Waals surface area contributed by atoms with Crippen LogP contribution in [0, 0.1) is 5.82 Å². The number of aliphatic carboxylic acids is 1. The maximum atomic E-state index is 12.9. The lowest BCUT2D eigenvalue weighted by Crippen LogP contribution is -2.20. The number of phenols is 1. The fraction of sp³-hybridized carbons (Fsp3) is 0.125. The predicted molar refractivity (Wildman–Crippen MR) is 47.6 cm³/mol. The van der Waals surface area contributed by atoms with Crippen molar-refractivity contribution in [3.63, 3.8) is 0 Å². The second kappa shape index (κ2) is 3.81. The minimum atomic E-state index is -1.36. The first-order valence-electron chi connectivity index (χ1n) is 3.59. The molecule has 0 aliphatic carbocycles. The van der Waals surface area contributed by atoms with Gasteiger partial charge in [0.2, 0.25) is 0 Å². The molecule has 0 aromatic heterocycles. The van der Waals surface area contributed by atoms with E-state index in [-0.39, 0.29) is 10.6 Å². The van der Waals surface area contributed by atoms with Gasteiger partial charge in [-0.25, -0.2) is 4.39 Å². The number of carboxylic acid groups (broad SMARTS) is 1. The summed E-state index contributed by atoms with van der Waals surface area (Å²) in [5.74, 6) is -3.01.